The Balaban J connectivity index is 2.83. The zero-order valence-electron chi connectivity index (χ0n) is 9.86. The maximum absolute atomic E-state index is 13.4. The third kappa shape index (κ3) is 4.31. The molecule has 0 fully saturated rings. The highest BCUT2D eigenvalue weighted by atomic mass is 79.9. The van der Waals surface area contributed by atoms with Gasteiger partial charge in [-0.3, -0.25) is 0 Å². The molecule has 0 bridgehead atoms. The average molecular weight is 340 g/mol. The quantitative estimate of drug-likeness (QED) is 0.833. The molecule has 1 rings (SSSR count). The first kappa shape index (κ1) is 15.6. The predicted octanol–water partition coefficient (Wildman–Crippen LogP) is 2.03. The van der Waals surface area contributed by atoms with Gasteiger partial charge in [0.05, 0.1) is 6.10 Å². The summed E-state index contributed by atoms with van der Waals surface area (Å²) < 4.78 is 39.8. The third-order valence-corrected chi connectivity index (χ3v) is 4.25. The van der Waals surface area contributed by atoms with Gasteiger partial charge >= 0.3 is 0 Å². The Kier molecular flexibility index (Phi) is 5.71. The zero-order chi connectivity index (χ0) is 13.8. The van der Waals surface area contributed by atoms with E-state index in [0.717, 1.165) is 12.5 Å². The topological polar surface area (TPSA) is 66.4 Å². The van der Waals surface area contributed by atoms with Crippen molar-refractivity contribution in [2.24, 2.45) is 0 Å². The molecular weight excluding hydrogens is 325 g/mol. The number of halogens is 2. The SMILES string of the molecule is CCCC(O)CNS(=O)(=O)c1cc(Br)ccc1F. The van der Waals surface area contributed by atoms with Crippen molar-refractivity contribution >= 4 is 26.0 Å². The van der Waals surface area contributed by atoms with E-state index < -0.39 is 26.8 Å². The largest absolute Gasteiger partial charge is 0.392 e. The van der Waals surface area contributed by atoms with Crippen molar-refractivity contribution in [1.82, 2.24) is 4.72 Å². The molecule has 0 heterocycles. The number of nitrogens with one attached hydrogen (secondary N) is 1. The van der Waals surface area contributed by atoms with E-state index in [0.29, 0.717) is 10.9 Å². The summed E-state index contributed by atoms with van der Waals surface area (Å²) in [7, 11) is -3.94. The maximum Gasteiger partial charge on any atom is 0.243 e. The molecule has 1 aromatic carbocycles. The summed E-state index contributed by atoms with van der Waals surface area (Å²) >= 11 is 3.09. The van der Waals surface area contributed by atoms with Gasteiger partial charge in [-0.15, -0.1) is 0 Å². The van der Waals surface area contributed by atoms with Crippen LogP contribution in [0.25, 0.3) is 0 Å². The molecule has 0 saturated heterocycles. The summed E-state index contributed by atoms with van der Waals surface area (Å²) in [6, 6.07) is 3.67. The van der Waals surface area contributed by atoms with Crippen LogP contribution in [0.2, 0.25) is 0 Å². The van der Waals surface area contributed by atoms with Gasteiger partial charge in [-0.2, -0.15) is 0 Å². The second-order valence-corrected chi connectivity index (χ2v) is 6.52. The minimum Gasteiger partial charge on any atom is -0.392 e. The van der Waals surface area contributed by atoms with Gasteiger partial charge < -0.3 is 5.11 Å². The summed E-state index contributed by atoms with van der Waals surface area (Å²) in [5.41, 5.74) is 0. The number of hydrogen-bond acceptors (Lipinski definition) is 3. The molecule has 0 aliphatic rings. The molecular formula is C11H15BrFNO3S. The van der Waals surface area contributed by atoms with Crippen molar-refractivity contribution in [3.63, 3.8) is 0 Å². The molecule has 0 radical (unpaired) electrons. The average Bonchev–Trinajstić information content (AvgIpc) is 2.30. The van der Waals surface area contributed by atoms with Crippen LogP contribution in [0, 0.1) is 5.82 Å². The van der Waals surface area contributed by atoms with Crippen molar-refractivity contribution in [2.45, 2.75) is 30.8 Å². The molecule has 18 heavy (non-hydrogen) atoms. The molecule has 1 atom stereocenters. The summed E-state index contributed by atoms with van der Waals surface area (Å²) in [5.74, 6) is -0.823. The molecule has 0 saturated carbocycles. The highest BCUT2D eigenvalue weighted by molar-refractivity contribution is 9.10. The van der Waals surface area contributed by atoms with Crippen molar-refractivity contribution in [2.75, 3.05) is 6.54 Å². The highest BCUT2D eigenvalue weighted by Gasteiger charge is 2.20. The van der Waals surface area contributed by atoms with Gasteiger partial charge in [-0.25, -0.2) is 17.5 Å². The number of aliphatic hydroxyl groups excluding tert-OH is 1. The Bertz CT molecular complexity index is 507. The van der Waals surface area contributed by atoms with Crippen LogP contribution in [0.3, 0.4) is 0 Å². The summed E-state index contributed by atoms with van der Waals surface area (Å²) in [6.07, 6.45) is 0.470. The van der Waals surface area contributed by atoms with Crippen molar-refractivity contribution in [1.29, 1.82) is 0 Å². The summed E-state index contributed by atoms with van der Waals surface area (Å²) in [4.78, 5) is -0.430. The fraction of sp³-hybridized carbons (Fsp3) is 0.455. The van der Waals surface area contributed by atoms with Crippen molar-refractivity contribution < 1.29 is 17.9 Å². The van der Waals surface area contributed by atoms with Gasteiger partial charge in [-0.05, 0) is 24.6 Å². The lowest BCUT2D eigenvalue weighted by molar-refractivity contribution is 0.167. The van der Waals surface area contributed by atoms with Gasteiger partial charge in [0.25, 0.3) is 0 Å². The number of benzene rings is 1. The number of aliphatic hydroxyl groups is 1. The van der Waals surface area contributed by atoms with E-state index in [1.165, 1.54) is 12.1 Å². The number of rotatable bonds is 6. The van der Waals surface area contributed by atoms with Crippen molar-refractivity contribution in [3.8, 4) is 0 Å². The smallest absolute Gasteiger partial charge is 0.243 e. The van der Waals surface area contributed by atoms with E-state index in [-0.39, 0.29) is 6.54 Å². The van der Waals surface area contributed by atoms with E-state index in [1.54, 1.807) is 0 Å². The van der Waals surface area contributed by atoms with E-state index in [2.05, 4.69) is 20.7 Å². The second kappa shape index (κ2) is 6.60. The Hall–Kier alpha value is -0.500. The van der Waals surface area contributed by atoms with E-state index in [4.69, 9.17) is 0 Å². The fourth-order valence-electron chi connectivity index (χ4n) is 1.40. The Morgan fingerprint density at radius 1 is 1.50 bits per heavy atom. The molecule has 0 amide bonds. The Morgan fingerprint density at radius 3 is 2.78 bits per heavy atom. The fourth-order valence-corrected chi connectivity index (χ4v) is 3.09. The molecule has 1 unspecified atom stereocenters. The molecule has 0 aliphatic heterocycles. The van der Waals surface area contributed by atoms with Gasteiger partial charge in [0, 0.05) is 11.0 Å². The lowest BCUT2D eigenvalue weighted by Crippen LogP contribution is -2.32. The Morgan fingerprint density at radius 2 is 2.17 bits per heavy atom. The molecule has 4 nitrogen and oxygen atoms in total. The lowest BCUT2D eigenvalue weighted by atomic mass is 10.2. The van der Waals surface area contributed by atoms with Crippen LogP contribution in [0.1, 0.15) is 19.8 Å². The normalized spacial score (nSPS) is 13.6. The summed E-state index contributed by atoms with van der Waals surface area (Å²) in [6.45, 7) is 1.76. The first-order chi connectivity index (χ1) is 8.36. The zero-order valence-corrected chi connectivity index (χ0v) is 12.3. The predicted molar refractivity (Wildman–Crippen MR) is 70.2 cm³/mol. The van der Waals surface area contributed by atoms with E-state index in [9.17, 15) is 17.9 Å². The van der Waals surface area contributed by atoms with Crippen LogP contribution in [0.5, 0.6) is 0 Å². The standard InChI is InChI=1S/C11H15BrFNO3S/c1-2-3-9(15)7-14-18(16,17)11-6-8(12)4-5-10(11)13/h4-6,9,14-15H,2-3,7H2,1H3. The minimum atomic E-state index is -3.94. The molecule has 102 valence electrons. The van der Waals surface area contributed by atoms with Gasteiger partial charge in [-0.1, -0.05) is 29.3 Å². The monoisotopic (exact) mass is 339 g/mol. The van der Waals surface area contributed by atoms with Gasteiger partial charge in [0.1, 0.15) is 10.7 Å². The number of sulfonamides is 1. The van der Waals surface area contributed by atoms with E-state index >= 15 is 0 Å². The Labute approximate surface area is 114 Å². The maximum atomic E-state index is 13.4. The molecule has 0 spiro atoms. The van der Waals surface area contributed by atoms with Crippen molar-refractivity contribution in [3.05, 3.63) is 28.5 Å². The van der Waals surface area contributed by atoms with E-state index in [1.807, 2.05) is 6.92 Å². The molecule has 0 aliphatic carbocycles. The third-order valence-electron chi connectivity index (χ3n) is 2.31. The summed E-state index contributed by atoms with van der Waals surface area (Å²) in [5, 5.41) is 9.45. The van der Waals surface area contributed by atoms with Crippen LogP contribution in [0.15, 0.2) is 27.6 Å². The van der Waals surface area contributed by atoms with Crippen LogP contribution < -0.4 is 4.72 Å². The molecule has 1 aromatic rings. The van der Waals surface area contributed by atoms with Crippen LogP contribution >= 0.6 is 15.9 Å². The van der Waals surface area contributed by atoms with Gasteiger partial charge in [0.15, 0.2) is 0 Å². The molecule has 7 heteroatoms. The minimum absolute atomic E-state index is 0.123. The molecule has 2 N–H and O–H groups in total. The lowest BCUT2D eigenvalue weighted by Gasteiger charge is -2.12. The van der Waals surface area contributed by atoms with Gasteiger partial charge in [0.2, 0.25) is 10.0 Å². The first-order valence-electron chi connectivity index (χ1n) is 5.49. The van der Waals surface area contributed by atoms with Crippen LogP contribution in [-0.2, 0) is 10.0 Å². The van der Waals surface area contributed by atoms with Crippen LogP contribution in [0.4, 0.5) is 4.39 Å². The second-order valence-electron chi connectivity index (χ2n) is 3.87. The first-order valence-corrected chi connectivity index (χ1v) is 7.77. The molecule has 0 aromatic heterocycles. The number of hydrogen-bond donors (Lipinski definition) is 2. The highest BCUT2D eigenvalue weighted by Crippen LogP contribution is 2.19. The van der Waals surface area contributed by atoms with Crippen LogP contribution in [-0.4, -0.2) is 26.2 Å².